The van der Waals surface area contributed by atoms with Crippen molar-refractivity contribution >= 4 is 23.2 Å². The summed E-state index contributed by atoms with van der Waals surface area (Å²) in [5.41, 5.74) is 3.28. The van der Waals surface area contributed by atoms with E-state index in [4.69, 9.17) is 16.7 Å². The van der Waals surface area contributed by atoms with Crippen molar-refractivity contribution in [1.82, 2.24) is 24.6 Å². The lowest BCUT2D eigenvalue weighted by molar-refractivity contribution is -0.136. The van der Waals surface area contributed by atoms with Crippen LogP contribution in [0.2, 0.25) is 5.02 Å². The molecule has 1 saturated heterocycles. The number of nitrogens with zero attached hydrogens (tertiary/aromatic N) is 6. The van der Waals surface area contributed by atoms with Crippen LogP contribution in [0.3, 0.4) is 0 Å². The number of rotatable bonds is 4. The van der Waals surface area contributed by atoms with Crippen molar-refractivity contribution in [3.63, 3.8) is 0 Å². The fourth-order valence-corrected chi connectivity index (χ4v) is 7.22. The van der Waals surface area contributed by atoms with Crippen LogP contribution >= 0.6 is 11.6 Å². The normalized spacial score (nSPS) is 21.2. The Hall–Kier alpha value is -2.97. The van der Waals surface area contributed by atoms with Crippen LogP contribution in [-0.2, 0) is 17.9 Å². The third-order valence-corrected chi connectivity index (χ3v) is 9.39. The molecule has 7 rings (SSSR count). The van der Waals surface area contributed by atoms with Crippen LogP contribution in [0.25, 0.3) is 5.69 Å². The van der Waals surface area contributed by atoms with Gasteiger partial charge in [-0.15, -0.1) is 10.2 Å². The second-order valence-electron chi connectivity index (χ2n) is 12.0. The number of aromatic nitrogens is 3. The molecule has 3 fully saturated rings. The lowest BCUT2D eigenvalue weighted by atomic mass is 9.57. The van der Waals surface area contributed by atoms with Gasteiger partial charge in [-0.05, 0) is 68.0 Å². The first-order chi connectivity index (χ1) is 18.2. The molecule has 3 aromatic rings. The van der Waals surface area contributed by atoms with Crippen LogP contribution in [0.4, 0.5) is 10.1 Å². The van der Waals surface area contributed by atoms with Crippen LogP contribution in [-0.4, -0.2) is 63.2 Å². The average molecular weight is 535 g/mol. The SMILES string of the molecule is Cc1cccc(N2CC3(CC(c4nnc5n4-c4ccc(Cl)cc4CN(C4(C(=O)N(C)C)CC4)C5)C3)C2)c1F. The van der Waals surface area contributed by atoms with Gasteiger partial charge in [0.15, 0.2) is 5.82 Å². The largest absolute Gasteiger partial charge is 0.368 e. The number of amides is 1. The molecule has 1 spiro atoms. The Morgan fingerprint density at radius 2 is 1.84 bits per heavy atom. The molecular weight excluding hydrogens is 503 g/mol. The number of likely N-dealkylation sites (N-methyl/N-ethyl adjacent to an activating group) is 1. The fraction of sp³-hybridized carbons (Fsp3) is 0.483. The molecule has 0 bridgehead atoms. The quantitative estimate of drug-likeness (QED) is 0.486. The van der Waals surface area contributed by atoms with E-state index < -0.39 is 5.54 Å². The van der Waals surface area contributed by atoms with Crippen molar-refractivity contribution in [1.29, 1.82) is 0 Å². The highest BCUT2D eigenvalue weighted by Crippen LogP contribution is 2.57. The minimum atomic E-state index is -0.481. The average Bonchev–Trinajstić information content (AvgIpc) is 3.57. The molecule has 2 saturated carbocycles. The van der Waals surface area contributed by atoms with E-state index in [0.29, 0.717) is 35.3 Å². The number of benzene rings is 2. The predicted molar refractivity (Wildman–Crippen MR) is 144 cm³/mol. The molecule has 1 amide bonds. The third-order valence-electron chi connectivity index (χ3n) is 9.15. The maximum absolute atomic E-state index is 14.7. The molecule has 1 aromatic heterocycles. The van der Waals surface area contributed by atoms with Gasteiger partial charge in [-0.2, -0.15) is 0 Å². The minimum absolute atomic E-state index is 0.109. The maximum Gasteiger partial charge on any atom is 0.242 e. The summed E-state index contributed by atoms with van der Waals surface area (Å²) >= 11 is 6.45. The zero-order chi connectivity index (χ0) is 26.4. The van der Waals surface area contributed by atoms with Crippen LogP contribution in [0.15, 0.2) is 36.4 Å². The summed E-state index contributed by atoms with van der Waals surface area (Å²) < 4.78 is 16.9. The van der Waals surface area contributed by atoms with E-state index in [1.54, 1.807) is 4.90 Å². The second-order valence-corrected chi connectivity index (χ2v) is 12.5. The molecule has 0 N–H and O–H groups in total. The fourth-order valence-electron chi connectivity index (χ4n) is 7.03. The van der Waals surface area contributed by atoms with Gasteiger partial charge in [-0.1, -0.05) is 23.7 Å². The number of fused-ring (bicyclic) bond motifs is 3. The van der Waals surface area contributed by atoms with Crippen molar-refractivity contribution < 1.29 is 9.18 Å². The van der Waals surface area contributed by atoms with Gasteiger partial charge < -0.3 is 9.80 Å². The first-order valence-corrected chi connectivity index (χ1v) is 13.8. The van der Waals surface area contributed by atoms with E-state index in [1.807, 2.05) is 51.4 Å². The molecule has 7 nitrogen and oxygen atoms in total. The highest BCUT2D eigenvalue weighted by molar-refractivity contribution is 6.30. The van der Waals surface area contributed by atoms with E-state index >= 15 is 0 Å². The van der Waals surface area contributed by atoms with Crippen LogP contribution in [0.1, 0.15) is 54.4 Å². The molecule has 2 aromatic carbocycles. The van der Waals surface area contributed by atoms with Gasteiger partial charge >= 0.3 is 0 Å². The molecule has 38 heavy (non-hydrogen) atoms. The van der Waals surface area contributed by atoms with E-state index in [9.17, 15) is 9.18 Å². The summed E-state index contributed by atoms with van der Waals surface area (Å²) in [6.45, 7) is 4.78. The Labute approximate surface area is 227 Å². The number of hydrogen-bond acceptors (Lipinski definition) is 5. The zero-order valence-electron chi connectivity index (χ0n) is 22.0. The van der Waals surface area contributed by atoms with Crippen LogP contribution in [0.5, 0.6) is 0 Å². The van der Waals surface area contributed by atoms with Crippen molar-refractivity contribution in [2.45, 2.75) is 57.2 Å². The Morgan fingerprint density at radius 1 is 1.08 bits per heavy atom. The molecule has 2 aliphatic carbocycles. The van der Waals surface area contributed by atoms with Gasteiger partial charge in [0.1, 0.15) is 17.2 Å². The standard InChI is InChI=1S/C29H32ClFN6O/c1-18-5-4-6-23(25(18)31)35-16-28(17-35)12-20(13-28)26-33-32-24-15-36(29(9-10-29)27(38)34(2)3)14-19-11-21(30)7-8-22(19)37(24)26/h4-8,11,20H,9-10,12-17H2,1-3H3. The predicted octanol–water partition coefficient (Wildman–Crippen LogP) is 4.69. The summed E-state index contributed by atoms with van der Waals surface area (Å²) in [7, 11) is 3.65. The smallest absolute Gasteiger partial charge is 0.242 e. The Bertz CT molecular complexity index is 1450. The van der Waals surface area contributed by atoms with Gasteiger partial charge in [0.25, 0.3) is 0 Å². The molecule has 4 aliphatic rings. The van der Waals surface area contributed by atoms with Gasteiger partial charge in [-0.3, -0.25) is 14.3 Å². The first kappa shape index (κ1) is 24.1. The van der Waals surface area contributed by atoms with Crippen LogP contribution < -0.4 is 4.90 Å². The molecule has 0 atom stereocenters. The Kier molecular flexibility index (Phi) is 5.24. The highest BCUT2D eigenvalue weighted by atomic mass is 35.5. The molecule has 2 aliphatic heterocycles. The number of anilines is 1. The summed E-state index contributed by atoms with van der Waals surface area (Å²) in [6.07, 6.45) is 3.74. The number of carbonyl (C=O) groups is 1. The molecule has 0 radical (unpaired) electrons. The number of aryl methyl sites for hydroxylation is 1. The molecule has 3 heterocycles. The van der Waals surface area contributed by atoms with Gasteiger partial charge in [0.2, 0.25) is 5.91 Å². The van der Waals surface area contributed by atoms with E-state index in [2.05, 4.69) is 25.5 Å². The summed E-state index contributed by atoms with van der Waals surface area (Å²) in [5.74, 6) is 2.20. The van der Waals surface area contributed by atoms with E-state index in [-0.39, 0.29) is 17.1 Å². The summed E-state index contributed by atoms with van der Waals surface area (Å²) in [5, 5.41) is 10.1. The number of halogens is 2. The van der Waals surface area contributed by atoms with E-state index in [0.717, 1.165) is 61.7 Å². The van der Waals surface area contributed by atoms with Gasteiger partial charge in [0.05, 0.1) is 17.9 Å². The molecule has 9 heteroatoms. The Morgan fingerprint density at radius 3 is 2.55 bits per heavy atom. The molecular formula is C29H32ClFN6O. The minimum Gasteiger partial charge on any atom is -0.368 e. The topological polar surface area (TPSA) is 57.5 Å². The summed E-state index contributed by atoms with van der Waals surface area (Å²) in [4.78, 5) is 19.3. The zero-order valence-corrected chi connectivity index (χ0v) is 22.8. The van der Waals surface area contributed by atoms with Crippen molar-refractivity contribution in [2.75, 3.05) is 32.1 Å². The molecule has 0 unspecified atom stereocenters. The monoisotopic (exact) mass is 534 g/mol. The number of carbonyl (C=O) groups excluding carboxylic acids is 1. The molecule has 198 valence electrons. The van der Waals surface area contributed by atoms with Gasteiger partial charge in [0, 0.05) is 50.1 Å². The van der Waals surface area contributed by atoms with Crippen LogP contribution in [0, 0.1) is 18.2 Å². The van der Waals surface area contributed by atoms with E-state index in [1.165, 1.54) is 0 Å². The Balaban J connectivity index is 1.16. The first-order valence-electron chi connectivity index (χ1n) is 13.4. The highest BCUT2D eigenvalue weighted by Gasteiger charge is 2.57. The van der Waals surface area contributed by atoms with Gasteiger partial charge in [-0.25, -0.2) is 4.39 Å². The lowest BCUT2D eigenvalue weighted by Crippen LogP contribution is -2.62. The third kappa shape index (κ3) is 3.53. The maximum atomic E-state index is 14.7. The lowest BCUT2D eigenvalue weighted by Gasteiger charge is -2.59. The van der Waals surface area contributed by atoms with Crippen molar-refractivity contribution in [2.24, 2.45) is 5.41 Å². The van der Waals surface area contributed by atoms with Crippen molar-refractivity contribution in [3.05, 3.63) is 70.0 Å². The summed E-state index contributed by atoms with van der Waals surface area (Å²) in [6, 6.07) is 11.6. The second kappa shape index (κ2) is 8.26. The number of hydrogen-bond donors (Lipinski definition) is 0. The van der Waals surface area contributed by atoms with Crippen molar-refractivity contribution in [3.8, 4) is 5.69 Å².